The van der Waals surface area contributed by atoms with Crippen LogP contribution in [0, 0.1) is 28.6 Å². The van der Waals surface area contributed by atoms with E-state index in [0.717, 1.165) is 32.1 Å². The summed E-state index contributed by atoms with van der Waals surface area (Å²) in [6.45, 7) is 2.11. The summed E-state index contributed by atoms with van der Waals surface area (Å²) in [7, 11) is 3.13. The van der Waals surface area contributed by atoms with Gasteiger partial charge in [-0.1, -0.05) is 23.3 Å². The number of allylic oxidation sites excluding steroid dienone is 4. The highest BCUT2D eigenvalue weighted by Crippen LogP contribution is 2.75. The summed E-state index contributed by atoms with van der Waals surface area (Å²) in [6.07, 6.45) is 8.51. The lowest BCUT2D eigenvalue weighted by Gasteiger charge is -2.70. The molecule has 0 radical (unpaired) electrons. The zero-order chi connectivity index (χ0) is 16.9. The van der Waals surface area contributed by atoms with Gasteiger partial charge in [0.2, 0.25) is 5.79 Å². The quantitative estimate of drug-likeness (QED) is 0.578. The topological polar surface area (TPSA) is 52.6 Å². The van der Waals surface area contributed by atoms with Gasteiger partial charge in [-0.05, 0) is 44.9 Å². The lowest BCUT2D eigenvalue weighted by Crippen LogP contribution is -2.76. The summed E-state index contributed by atoms with van der Waals surface area (Å²) in [4.78, 5) is 27.2. The smallest absolute Gasteiger partial charge is 0.231 e. The SMILES string of the molecule is COC1(OC)C(=O)[C@]23CC[C@]45C(=O)[C@H]2C[C@H]1C[C@H]3C4=CCC=C5C. The van der Waals surface area contributed by atoms with Gasteiger partial charge in [0.05, 0.1) is 10.8 Å². The molecule has 0 saturated heterocycles. The zero-order valence-corrected chi connectivity index (χ0v) is 14.6. The molecule has 0 heterocycles. The largest absolute Gasteiger partial charge is 0.347 e. The van der Waals surface area contributed by atoms with E-state index >= 15 is 0 Å². The van der Waals surface area contributed by atoms with Crippen LogP contribution in [0.1, 0.15) is 39.0 Å². The third-order valence-corrected chi connectivity index (χ3v) is 8.12. The minimum Gasteiger partial charge on any atom is -0.347 e. The number of ketones is 2. The molecule has 7 aliphatic rings. The number of carbonyl (C=O) groups is 2. The number of ether oxygens (including phenoxy) is 2. The fraction of sp³-hybridized carbons (Fsp3) is 0.700. The minimum atomic E-state index is -1.15. The maximum Gasteiger partial charge on any atom is 0.231 e. The lowest BCUT2D eigenvalue weighted by atomic mass is 9.32. The standard InChI is InChI=1S/C20H24O4/c1-11-5-4-6-13-14-9-12-10-15-16(21)18(11,13)7-8-19(14,15)17(22)20(12,23-2)24-3/h5-6,12,14-15H,4,7-10H2,1-3H3/t12-,14+,15-,18-,19+/m1/s1. The third kappa shape index (κ3) is 1.21. The summed E-state index contributed by atoms with van der Waals surface area (Å²) in [5.74, 6) is -0.799. The summed E-state index contributed by atoms with van der Waals surface area (Å²) in [5.41, 5.74) is 1.46. The Morgan fingerprint density at radius 3 is 2.46 bits per heavy atom. The Morgan fingerprint density at radius 2 is 1.75 bits per heavy atom. The summed E-state index contributed by atoms with van der Waals surface area (Å²) < 4.78 is 11.3. The number of hydrogen-bond acceptors (Lipinski definition) is 4. The molecule has 0 aromatic heterocycles. The van der Waals surface area contributed by atoms with E-state index in [0.29, 0.717) is 5.78 Å². The second-order valence-corrected chi connectivity index (χ2v) is 8.27. The molecular formula is C20H24O4. The first-order valence-electron chi connectivity index (χ1n) is 9.06. The molecule has 4 nitrogen and oxygen atoms in total. The number of hydrogen-bond donors (Lipinski definition) is 0. The number of carbonyl (C=O) groups excluding carboxylic acids is 2. The maximum atomic E-state index is 13.6. The Bertz CT molecular complexity index is 728. The van der Waals surface area contributed by atoms with Gasteiger partial charge >= 0.3 is 0 Å². The van der Waals surface area contributed by atoms with Crippen LogP contribution in [-0.4, -0.2) is 31.6 Å². The van der Waals surface area contributed by atoms with Crippen LogP contribution in [0.5, 0.6) is 0 Å². The normalized spacial score (nSPS) is 47.4. The number of fused-ring (bicyclic) bond motifs is 2. The van der Waals surface area contributed by atoms with E-state index in [4.69, 9.17) is 9.47 Å². The first kappa shape index (κ1) is 15.0. The molecule has 0 aromatic rings. The molecule has 6 fully saturated rings. The molecule has 7 aliphatic carbocycles. The Morgan fingerprint density at radius 1 is 1.04 bits per heavy atom. The van der Waals surface area contributed by atoms with Crippen molar-refractivity contribution in [2.24, 2.45) is 28.6 Å². The van der Waals surface area contributed by atoms with Crippen LogP contribution in [0.2, 0.25) is 0 Å². The van der Waals surface area contributed by atoms with E-state index in [9.17, 15) is 9.59 Å². The van der Waals surface area contributed by atoms with Crippen LogP contribution >= 0.6 is 0 Å². The second-order valence-electron chi connectivity index (χ2n) is 8.27. The first-order chi connectivity index (χ1) is 11.5. The van der Waals surface area contributed by atoms with Crippen molar-refractivity contribution in [3.8, 4) is 0 Å². The highest BCUT2D eigenvalue weighted by Gasteiger charge is 2.79. The van der Waals surface area contributed by atoms with Gasteiger partial charge in [-0.25, -0.2) is 0 Å². The zero-order valence-electron chi connectivity index (χ0n) is 14.6. The first-order valence-corrected chi connectivity index (χ1v) is 9.06. The molecule has 5 atom stereocenters. The van der Waals surface area contributed by atoms with Crippen LogP contribution in [0.15, 0.2) is 23.3 Å². The summed E-state index contributed by atoms with van der Waals surface area (Å²) in [6, 6.07) is 0. The van der Waals surface area contributed by atoms with E-state index < -0.39 is 16.6 Å². The molecule has 0 amide bonds. The molecule has 24 heavy (non-hydrogen) atoms. The van der Waals surface area contributed by atoms with Crippen LogP contribution in [0.25, 0.3) is 0 Å². The van der Waals surface area contributed by atoms with Crippen LogP contribution in [0.3, 0.4) is 0 Å². The maximum absolute atomic E-state index is 13.6. The molecule has 7 rings (SSSR count). The molecule has 2 spiro atoms. The lowest BCUT2D eigenvalue weighted by molar-refractivity contribution is -0.283. The molecule has 0 aliphatic heterocycles. The van der Waals surface area contributed by atoms with Crippen LogP contribution in [0.4, 0.5) is 0 Å². The van der Waals surface area contributed by atoms with Crippen molar-refractivity contribution in [1.29, 1.82) is 0 Å². The fourth-order valence-electron chi connectivity index (χ4n) is 7.15. The summed E-state index contributed by atoms with van der Waals surface area (Å²) in [5, 5.41) is 0. The second kappa shape index (κ2) is 4.28. The molecule has 0 unspecified atom stereocenters. The molecule has 0 aromatic carbocycles. The van der Waals surface area contributed by atoms with Gasteiger partial charge in [-0.3, -0.25) is 9.59 Å². The van der Waals surface area contributed by atoms with Gasteiger partial charge < -0.3 is 9.47 Å². The van der Waals surface area contributed by atoms with E-state index in [2.05, 4.69) is 19.1 Å². The van der Waals surface area contributed by atoms with E-state index in [1.54, 1.807) is 14.2 Å². The van der Waals surface area contributed by atoms with Gasteiger partial charge in [-0.2, -0.15) is 0 Å². The minimum absolute atomic E-state index is 0.0240. The third-order valence-electron chi connectivity index (χ3n) is 8.12. The van der Waals surface area contributed by atoms with Crippen molar-refractivity contribution in [1.82, 2.24) is 0 Å². The van der Waals surface area contributed by atoms with Crippen molar-refractivity contribution >= 4 is 11.6 Å². The summed E-state index contributed by atoms with van der Waals surface area (Å²) >= 11 is 0. The van der Waals surface area contributed by atoms with Gasteiger partial charge in [0.1, 0.15) is 0 Å². The molecule has 0 N–H and O–H groups in total. The van der Waals surface area contributed by atoms with Gasteiger partial charge in [0, 0.05) is 26.1 Å². The predicted octanol–water partition coefficient (Wildman–Crippen LogP) is 2.83. The van der Waals surface area contributed by atoms with Crippen molar-refractivity contribution in [2.45, 2.75) is 44.8 Å². The number of Topliss-reactive ketones (excluding diaryl/α,β-unsaturated/α-hetero) is 2. The van der Waals surface area contributed by atoms with Crippen molar-refractivity contribution < 1.29 is 19.1 Å². The van der Waals surface area contributed by atoms with Gasteiger partial charge in [0.15, 0.2) is 11.6 Å². The van der Waals surface area contributed by atoms with Gasteiger partial charge in [-0.15, -0.1) is 0 Å². The van der Waals surface area contributed by atoms with Gasteiger partial charge in [0.25, 0.3) is 0 Å². The molecule has 6 saturated carbocycles. The molecular weight excluding hydrogens is 304 g/mol. The Kier molecular flexibility index (Phi) is 2.68. The average Bonchev–Trinajstić information content (AvgIpc) is 2.60. The van der Waals surface area contributed by atoms with E-state index in [1.807, 2.05) is 0 Å². The van der Waals surface area contributed by atoms with Crippen molar-refractivity contribution in [3.05, 3.63) is 23.3 Å². The molecule has 4 heteroatoms. The number of methoxy groups -OCH3 is 2. The van der Waals surface area contributed by atoms with Crippen LogP contribution in [-0.2, 0) is 19.1 Å². The Labute approximate surface area is 142 Å². The highest BCUT2D eigenvalue weighted by molar-refractivity contribution is 6.06. The fourth-order valence-corrected chi connectivity index (χ4v) is 7.15. The molecule has 128 valence electrons. The van der Waals surface area contributed by atoms with Crippen molar-refractivity contribution in [2.75, 3.05) is 14.2 Å². The van der Waals surface area contributed by atoms with Crippen LogP contribution < -0.4 is 0 Å². The van der Waals surface area contributed by atoms with E-state index in [-0.39, 0.29) is 23.5 Å². The van der Waals surface area contributed by atoms with Crippen molar-refractivity contribution in [3.63, 3.8) is 0 Å². The highest BCUT2D eigenvalue weighted by atomic mass is 16.7. The van der Waals surface area contributed by atoms with E-state index in [1.165, 1.54) is 11.1 Å². The Balaban J connectivity index is 1.74. The molecule has 5 bridgehead atoms. The Hall–Kier alpha value is -1.26. The number of rotatable bonds is 2. The monoisotopic (exact) mass is 328 g/mol. The average molecular weight is 328 g/mol. The predicted molar refractivity (Wildman–Crippen MR) is 87.0 cm³/mol.